The molecule has 0 aliphatic carbocycles. The van der Waals surface area contributed by atoms with E-state index in [1.54, 1.807) is 20.8 Å². The molecule has 210 valence electrons. The largest absolute Gasteiger partial charge is 0.480 e. The second-order valence-corrected chi connectivity index (χ2v) is 12.8. The number of carboxylic acids is 1. The zero-order valence-corrected chi connectivity index (χ0v) is 23.3. The van der Waals surface area contributed by atoms with Gasteiger partial charge >= 0.3 is 11.9 Å². The summed E-state index contributed by atoms with van der Waals surface area (Å²) in [5.74, 6) is -4.85. The first-order valence-electron chi connectivity index (χ1n) is 12.8. The Balaban J connectivity index is 2.26. The fraction of sp³-hybridized carbons (Fsp3) is 0.536. The molecule has 10 heteroatoms. The SMILES string of the molecule is CCCC[C@H](NC(=O)[C@H](Cc1cccc2ccccc12)CS(=O)(=O)CC(O)COC(=O)C(C)(C)C)C(=O)O. The number of carboxylic acid groups (broad SMARTS) is 1. The van der Waals surface area contributed by atoms with Gasteiger partial charge in [0.25, 0.3) is 0 Å². The minimum atomic E-state index is -4.00. The zero-order chi connectivity index (χ0) is 28.5. The summed E-state index contributed by atoms with van der Waals surface area (Å²) in [5, 5.41) is 24.1. The number of ether oxygens (including phenoxy) is 1. The molecular weight excluding hydrogens is 510 g/mol. The number of aliphatic hydroxyl groups is 1. The molecule has 1 amide bonds. The number of aliphatic hydroxyl groups excluding tert-OH is 1. The van der Waals surface area contributed by atoms with E-state index in [1.807, 2.05) is 49.4 Å². The third kappa shape index (κ3) is 9.72. The number of esters is 1. The van der Waals surface area contributed by atoms with Crippen LogP contribution in [0, 0.1) is 11.3 Å². The number of rotatable bonds is 14. The maximum atomic E-state index is 13.3. The first-order chi connectivity index (χ1) is 17.7. The molecule has 0 bridgehead atoms. The van der Waals surface area contributed by atoms with Crippen LogP contribution in [0.5, 0.6) is 0 Å². The van der Waals surface area contributed by atoms with Crippen LogP contribution < -0.4 is 5.32 Å². The lowest BCUT2D eigenvalue weighted by Crippen LogP contribution is -2.46. The van der Waals surface area contributed by atoms with Crippen molar-refractivity contribution < 1.29 is 37.8 Å². The average Bonchev–Trinajstić information content (AvgIpc) is 2.83. The quantitative estimate of drug-likeness (QED) is 0.305. The van der Waals surface area contributed by atoms with Crippen LogP contribution in [-0.4, -0.2) is 66.7 Å². The normalized spacial score (nSPS) is 14.4. The summed E-state index contributed by atoms with van der Waals surface area (Å²) in [6.07, 6.45) is 0.141. The molecular formula is C28H39NO8S. The van der Waals surface area contributed by atoms with Crippen LogP contribution >= 0.6 is 0 Å². The predicted molar refractivity (Wildman–Crippen MR) is 145 cm³/mol. The van der Waals surface area contributed by atoms with Crippen LogP contribution in [0.1, 0.15) is 52.5 Å². The lowest BCUT2D eigenvalue weighted by Gasteiger charge is -2.22. The van der Waals surface area contributed by atoms with Gasteiger partial charge in [0, 0.05) is 0 Å². The van der Waals surface area contributed by atoms with Gasteiger partial charge < -0.3 is 20.3 Å². The van der Waals surface area contributed by atoms with Gasteiger partial charge in [0.15, 0.2) is 9.84 Å². The Kier molecular flexibility index (Phi) is 11.3. The predicted octanol–water partition coefficient (Wildman–Crippen LogP) is 3.12. The van der Waals surface area contributed by atoms with Gasteiger partial charge in [-0.3, -0.25) is 9.59 Å². The summed E-state index contributed by atoms with van der Waals surface area (Å²) < 4.78 is 31.1. The van der Waals surface area contributed by atoms with E-state index in [1.165, 1.54) is 0 Å². The van der Waals surface area contributed by atoms with E-state index in [9.17, 15) is 33.0 Å². The molecule has 2 rings (SSSR count). The molecule has 2 aromatic rings. The van der Waals surface area contributed by atoms with Crippen molar-refractivity contribution in [1.29, 1.82) is 0 Å². The van der Waals surface area contributed by atoms with Gasteiger partial charge in [0.1, 0.15) is 18.8 Å². The van der Waals surface area contributed by atoms with Crippen LogP contribution in [0.2, 0.25) is 0 Å². The maximum Gasteiger partial charge on any atom is 0.326 e. The van der Waals surface area contributed by atoms with Crippen molar-refractivity contribution >= 4 is 38.5 Å². The van der Waals surface area contributed by atoms with E-state index in [0.29, 0.717) is 6.42 Å². The minimum absolute atomic E-state index is 0.0572. The Hall–Kier alpha value is -2.98. The van der Waals surface area contributed by atoms with Crippen molar-refractivity contribution in [2.45, 2.75) is 65.5 Å². The van der Waals surface area contributed by atoms with Crippen LogP contribution in [-0.2, 0) is 35.4 Å². The Morgan fingerprint density at radius 2 is 1.68 bits per heavy atom. The number of carbonyl (C=O) groups is 3. The van der Waals surface area contributed by atoms with Crippen molar-refractivity contribution in [3.05, 3.63) is 48.0 Å². The zero-order valence-electron chi connectivity index (χ0n) is 22.5. The highest BCUT2D eigenvalue weighted by Crippen LogP contribution is 2.23. The number of nitrogens with one attached hydrogen (secondary N) is 1. The number of sulfone groups is 1. The molecule has 0 aliphatic heterocycles. The van der Waals surface area contributed by atoms with Gasteiger partial charge in [-0.1, -0.05) is 62.2 Å². The van der Waals surface area contributed by atoms with E-state index in [4.69, 9.17) is 4.74 Å². The summed E-state index contributed by atoms with van der Waals surface area (Å²) in [5.41, 5.74) is -0.0582. The smallest absolute Gasteiger partial charge is 0.326 e. The molecule has 3 atom stereocenters. The molecule has 3 N–H and O–H groups in total. The van der Waals surface area contributed by atoms with Crippen molar-refractivity contribution in [1.82, 2.24) is 5.32 Å². The summed E-state index contributed by atoms with van der Waals surface area (Å²) in [6, 6.07) is 11.9. The number of amides is 1. The van der Waals surface area contributed by atoms with Crippen molar-refractivity contribution in [2.75, 3.05) is 18.1 Å². The van der Waals surface area contributed by atoms with Gasteiger partial charge in [-0.05, 0) is 49.9 Å². The first-order valence-corrected chi connectivity index (χ1v) is 14.6. The molecule has 9 nitrogen and oxygen atoms in total. The molecule has 0 saturated carbocycles. The third-order valence-electron chi connectivity index (χ3n) is 6.10. The van der Waals surface area contributed by atoms with Gasteiger partial charge in [-0.15, -0.1) is 0 Å². The highest BCUT2D eigenvalue weighted by Gasteiger charge is 2.31. The highest BCUT2D eigenvalue weighted by atomic mass is 32.2. The lowest BCUT2D eigenvalue weighted by molar-refractivity contribution is -0.155. The highest BCUT2D eigenvalue weighted by molar-refractivity contribution is 7.91. The van der Waals surface area contributed by atoms with Gasteiger partial charge in [-0.25, -0.2) is 13.2 Å². The number of carbonyl (C=O) groups excluding carboxylic acids is 2. The van der Waals surface area contributed by atoms with E-state index < -0.39 is 69.3 Å². The van der Waals surface area contributed by atoms with Gasteiger partial charge in [0.2, 0.25) is 5.91 Å². The summed E-state index contributed by atoms with van der Waals surface area (Å²) >= 11 is 0. The summed E-state index contributed by atoms with van der Waals surface area (Å²) in [4.78, 5) is 37.0. The molecule has 0 aliphatic rings. The van der Waals surface area contributed by atoms with E-state index in [2.05, 4.69) is 5.32 Å². The standard InChI is InChI=1S/C28H39NO8S/c1-5-6-14-24(26(32)33)29-25(31)21(15-20-12-9-11-19-10-7-8-13-23(19)20)17-38(35,36)18-22(30)16-37-27(34)28(2,3)4/h7-13,21-22,24,30H,5-6,14-18H2,1-4H3,(H,29,31)(H,32,33)/t21-,22?,24+/m1/s1. The second-order valence-electron chi connectivity index (χ2n) is 10.7. The maximum absolute atomic E-state index is 13.3. The number of benzene rings is 2. The number of aliphatic carboxylic acids is 1. The Labute approximate surface area is 224 Å². The summed E-state index contributed by atoms with van der Waals surface area (Å²) in [7, 11) is -4.00. The number of hydrogen-bond acceptors (Lipinski definition) is 7. The third-order valence-corrected chi connectivity index (χ3v) is 7.90. The molecule has 0 fully saturated rings. The van der Waals surface area contributed by atoms with Gasteiger partial charge in [-0.2, -0.15) is 0 Å². The second kappa shape index (κ2) is 13.7. The van der Waals surface area contributed by atoms with Gasteiger partial charge in [0.05, 0.1) is 22.8 Å². The Bertz CT molecular complexity index is 1210. The average molecular weight is 550 g/mol. The monoisotopic (exact) mass is 549 g/mol. The topological polar surface area (TPSA) is 147 Å². The number of hydrogen-bond donors (Lipinski definition) is 3. The van der Waals surface area contributed by atoms with Crippen LogP contribution in [0.15, 0.2) is 42.5 Å². The Morgan fingerprint density at radius 3 is 2.32 bits per heavy atom. The lowest BCUT2D eigenvalue weighted by atomic mass is 9.95. The Morgan fingerprint density at radius 1 is 1.03 bits per heavy atom. The molecule has 1 unspecified atom stereocenters. The fourth-order valence-electron chi connectivity index (χ4n) is 4.02. The van der Waals surface area contributed by atoms with Crippen LogP contribution in [0.4, 0.5) is 0 Å². The van der Waals surface area contributed by atoms with Crippen molar-refractivity contribution in [3.63, 3.8) is 0 Å². The first kappa shape index (κ1) is 31.2. The molecule has 0 aromatic heterocycles. The minimum Gasteiger partial charge on any atom is -0.480 e. The molecule has 38 heavy (non-hydrogen) atoms. The molecule has 0 spiro atoms. The van der Waals surface area contributed by atoms with Crippen molar-refractivity contribution in [3.8, 4) is 0 Å². The van der Waals surface area contributed by atoms with E-state index >= 15 is 0 Å². The number of unbranched alkanes of at least 4 members (excludes halogenated alkanes) is 1. The van der Waals surface area contributed by atoms with E-state index in [-0.39, 0.29) is 12.8 Å². The molecule has 0 saturated heterocycles. The summed E-state index contributed by atoms with van der Waals surface area (Å²) in [6.45, 7) is 6.33. The molecule has 2 aromatic carbocycles. The molecule has 0 radical (unpaired) electrons. The van der Waals surface area contributed by atoms with E-state index in [0.717, 1.165) is 22.8 Å². The van der Waals surface area contributed by atoms with Crippen LogP contribution in [0.25, 0.3) is 10.8 Å². The molecule has 0 heterocycles. The fourth-order valence-corrected chi connectivity index (χ4v) is 5.72. The number of fused-ring (bicyclic) bond motifs is 1. The van der Waals surface area contributed by atoms with Crippen molar-refractivity contribution in [2.24, 2.45) is 11.3 Å². The van der Waals surface area contributed by atoms with Crippen LogP contribution in [0.3, 0.4) is 0 Å².